The monoisotopic (exact) mass is 449 g/mol. The molecule has 2 heterocycles. The number of hydrogen-bond donors (Lipinski definition) is 1. The first-order valence-corrected chi connectivity index (χ1v) is 11.3. The Hall–Kier alpha value is -2.42. The molecule has 6 nitrogen and oxygen atoms in total. The second-order valence-corrected chi connectivity index (χ2v) is 9.19. The van der Waals surface area contributed by atoms with Crippen LogP contribution in [-0.2, 0) is 11.0 Å². The fourth-order valence-corrected chi connectivity index (χ4v) is 4.91. The maximum atomic E-state index is 13.2. The van der Waals surface area contributed by atoms with Crippen LogP contribution in [0.1, 0.15) is 51.5 Å². The van der Waals surface area contributed by atoms with Crippen LogP contribution in [0.2, 0.25) is 0 Å². The van der Waals surface area contributed by atoms with E-state index in [4.69, 9.17) is 0 Å². The number of fused-ring (bicyclic) bond motifs is 1. The van der Waals surface area contributed by atoms with E-state index in [9.17, 15) is 18.0 Å². The van der Waals surface area contributed by atoms with E-state index in [1.54, 1.807) is 0 Å². The summed E-state index contributed by atoms with van der Waals surface area (Å²) in [6.07, 6.45) is 1.55. The van der Waals surface area contributed by atoms with E-state index in [-0.39, 0.29) is 23.2 Å². The number of rotatable bonds is 5. The summed E-state index contributed by atoms with van der Waals surface area (Å²) in [6, 6.07) is 4.17. The average Bonchev–Trinajstić information content (AvgIpc) is 3.12. The second kappa shape index (κ2) is 8.84. The van der Waals surface area contributed by atoms with Gasteiger partial charge in [0.05, 0.1) is 11.1 Å². The number of carbonyl (C=O) groups is 1. The Labute approximate surface area is 186 Å². The minimum Gasteiger partial charge on any atom is -0.358 e. The number of nitrogens with one attached hydrogen (secondary N) is 1. The van der Waals surface area contributed by atoms with E-state index < -0.39 is 17.8 Å². The third kappa shape index (κ3) is 4.53. The summed E-state index contributed by atoms with van der Waals surface area (Å²) in [7, 11) is 2.16. The van der Waals surface area contributed by atoms with Gasteiger partial charge in [-0.3, -0.25) is 4.79 Å². The van der Waals surface area contributed by atoms with Crippen LogP contribution in [0.5, 0.6) is 0 Å². The highest BCUT2D eigenvalue weighted by atomic mass is 19.4. The SMILES string of the molecule is CC(C)N(C)C1CCC(N2CCC(Nc3ncnc4ccc(C(F)(F)F)cc34)C2=O)CC1. The van der Waals surface area contributed by atoms with Gasteiger partial charge in [-0.2, -0.15) is 13.2 Å². The number of anilines is 1. The maximum Gasteiger partial charge on any atom is 0.416 e. The molecule has 0 spiro atoms. The van der Waals surface area contributed by atoms with Crippen molar-refractivity contribution in [3.05, 3.63) is 30.1 Å². The Kier molecular flexibility index (Phi) is 6.29. The first-order chi connectivity index (χ1) is 15.1. The van der Waals surface area contributed by atoms with Crippen molar-refractivity contribution in [1.29, 1.82) is 0 Å². The predicted octanol–water partition coefficient (Wildman–Crippen LogP) is 4.31. The summed E-state index contributed by atoms with van der Waals surface area (Å²) in [6.45, 7) is 5.05. The van der Waals surface area contributed by atoms with Crippen molar-refractivity contribution in [2.24, 2.45) is 0 Å². The number of aromatic nitrogens is 2. The molecule has 1 atom stereocenters. The number of nitrogens with zero attached hydrogens (tertiary/aromatic N) is 4. The lowest BCUT2D eigenvalue weighted by Crippen LogP contribution is -2.46. The molecular formula is C23H30F3N5O. The molecule has 2 fully saturated rings. The molecule has 1 N–H and O–H groups in total. The van der Waals surface area contributed by atoms with Gasteiger partial charge in [-0.15, -0.1) is 0 Å². The van der Waals surface area contributed by atoms with E-state index in [1.807, 2.05) is 4.90 Å². The molecule has 9 heteroatoms. The number of halogens is 3. The number of likely N-dealkylation sites (tertiary alicyclic amines) is 1. The fraction of sp³-hybridized carbons (Fsp3) is 0.609. The molecule has 1 unspecified atom stereocenters. The molecule has 0 radical (unpaired) electrons. The van der Waals surface area contributed by atoms with E-state index >= 15 is 0 Å². The van der Waals surface area contributed by atoms with Gasteiger partial charge in [0, 0.05) is 30.1 Å². The molecule has 2 aliphatic rings. The van der Waals surface area contributed by atoms with Crippen molar-refractivity contribution in [3.63, 3.8) is 0 Å². The van der Waals surface area contributed by atoms with Crippen LogP contribution in [0, 0.1) is 0 Å². The van der Waals surface area contributed by atoms with Crippen molar-refractivity contribution in [3.8, 4) is 0 Å². The number of benzene rings is 1. The number of amides is 1. The van der Waals surface area contributed by atoms with Gasteiger partial charge in [0.1, 0.15) is 18.2 Å². The van der Waals surface area contributed by atoms with Gasteiger partial charge in [0.15, 0.2) is 0 Å². The van der Waals surface area contributed by atoms with Crippen LogP contribution in [0.25, 0.3) is 10.9 Å². The number of alkyl halides is 3. The first-order valence-electron chi connectivity index (χ1n) is 11.3. The third-order valence-electron chi connectivity index (χ3n) is 7.01. The minimum atomic E-state index is -4.45. The van der Waals surface area contributed by atoms with Crippen LogP contribution in [0.4, 0.5) is 19.0 Å². The zero-order valence-electron chi connectivity index (χ0n) is 18.7. The van der Waals surface area contributed by atoms with Gasteiger partial charge in [0.2, 0.25) is 5.91 Å². The molecule has 174 valence electrons. The van der Waals surface area contributed by atoms with Crippen molar-refractivity contribution in [2.75, 3.05) is 18.9 Å². The Morgan fingerprint density at radius 2 is 1.84 bits per heavy atom. The fourth-order valence-electron chi connectivity index (χ4n) is 4.91. The molecule has 1 aromatic heterocycles. The summed E-state index contributed by atoms with van der Waals surface area (Å²) in [5.74, 6) is 0.271. The van der Waals surface area contributed by atoms with Gasteiger partial charge in [-0.05, 0) is 71.2 Å². The molecule has 2 aromatic rings. The van der Waals surface area contributed by atoms with Gasteiger partial charge in [0.25, 0.3) is 0 Å². The van der Waals surface area contributed by atoms with Crippen molar-refractivity contribution in [2.45, 2.75) is 76.3 Å². The smallest absolute Gasteiger partial charge is 0.358 e. The predicted molar refractivity (Wildman–Crippen MR) is 117 cm³/mol. The molecular weight excluding hydrogens is 419 g/mol. The Balaban J connectivity index is 1.45. The van der Waals surface area contributed by atoms with Crippen molar-refractivity contribution in [1.82, 2.24) is 19.8 Å². The minimum absolute atomic E-state index is 0.00408. The molecule has 1 amide bonds. The zero-order chi connectivity index (χ0) is 23.0. The lowest BCUT2D eigenvalue weighted by Gasteiger charge is -2.39. The number of carbonyl (C=O) groups excluding carboxylic acids is 1. The van der Waals surface area contributed by atoms with E-state index in [1.165, 1.54) is 12.4 Å². The highest BCUT2D eigenvalue weighted by Crippen LogP contribution is 2.34. The quantitative estimate of drug-likeness (QED) is 0.737. The molecule has 1 aromatic carbocycles. The second-order valence-electron chi connectivity index (χ2n) is 9.19. The van der Waals surface area contributed by atoms with Crippen LogP contribution in [0.3, 0.4) is 0 Å². The molecule has 32 heavy (non-hydrogen) atoms. The van der Waals surface area contributed by atoms with E-state index in [2.05, 4.69) is 41.1 Å². The van der Waals surface area contributed by atoms with Crippen molar-refractivity contribution >= 4 is 22.6 Å². The molecule has 1 aliphatic heterocycles. The summed E-state index contributed by atoms with van der Waals surface area (Å²) >= 11 is 0. The molecule has 4 rings (SSSR count). The third-order valence-corrected chi connectivity index (χ3v) is 7.01. The lowest BCUT2D eigenvalue weighted by molar-refractivity contribution is -0.137. The summed E-state index contributed by atoms with van der Waals surface area (Å²) in [4.78, 5) is 25.7. The summed E-state index contributed by atoms with van der Waals surface area (Å²) in [5.41, 5.74) is -0.351. The maximum absolute atomic E-state index is 13.2. The Bertz CT molecular complexity index is 972. The van der Waals surface area contributed by atoms with E-state index in [0.717, 1.165) is 37.8 Å². The molecule has 1 saturated heterocycles. The normalized spacial score (nSPS) is 24.7. The van der Waals surface area contributed by atoms with Gasteiger partial charge in [-0.25, -0.2) is 9.97 Å². The Morgan fingerprint density at radius 3 is 2.50 bits per heavy atom. The van der Waals surface area contributed by atoms with E-state index in [0.29, 0.717) is 30.6 Å². The first kappa shape index (κ1) is 22.8. The van der Waals surface area contributed by atoms with Crippen LogP contribution in [0.15, 0.2) is 24.5 Å². The highest BCUT2D eigenvalue weighted by Gasteiger charge is 2.38. The summed E-state index contributed by atoms with van der Waals surface area (Å²) in [5, 5.41) is 3.37. The molecule has 1 aliphatic carbocycles. The van der Waals surface area contributed by atoms with Crippen molar-refractivity contribution < 1.29 is 18.0 Å². The van der Waals surface area contributed by atoms with Crippen LogP contribution < -0.4 is 5.32 Å². The molecule has 1 saturated carbocycles. The lowest BCUT2D eigenvalue weighted by atomic mass is 9.89. The number of hydrogen-bond acceptors (Lipinski definition) is 5. The van der Waals surface area contributed by atoms with Gasteiger partial charge in [-0.1, -0.05) is 0 Å². The average molecular weight is 450 g/mol. The molecule has 0 bridgehead atoms. The van der Waals surface area contributed by atoms with Crippen LogP contribution >= 0.6 is 0 Å². The largest absolute Gasteiger partial charge is 0.416 e. The topological polar surface area (TPSA) is 61.4 Å². The summed E-state index contributed by atoms with van der Waals surface area (Å²) < 4.78 is 39.5. The van der Waals surface area contributed by atoms with Crippen LogP contribution in [-0.4, -0.2) is 63.4 Å². The van der Waals surface area contributed by atoms with Gasteiger partial charge >= 0.3 is 6.18 Å². The zero-order valence-corrected chi connectivity index (χ0v) is 18.7. The highest BCUT2D eigenvalue weighted by molar-refractivity contribution is 5.93. The Morgan fingerprint density at radius 1 is 1.12 bits per heavy atom. The van der Waals surface area contributed by atoms with Gasteiger partial charge < -0.3 is 15.1 Å². The standard InChI is InChI=1S/C23H30F3N5O/c1-14(2)30(3)16-5-7-17(8-6-16)31-11-10-20(22(31)32)29-21-18-12-15(23(24,25)26)4-9-19(18)27-13-28-21/h4,9,12-14,16-17,20H,5-8,10-11H2,1-3H3,(H,27,28,29).